The lowest BCUT2D eigenvalue weighted by Crippen LogP contribution is -2.14. The Morgan fingerprint density at radius 3 is 2.60 bits per heavy atom. The topological polar surface area (TPSA) is 12.0 Å². The van der Waals surface area contributed by atoms with Gasteiger partial charge in [-0.2, -0.15) is 0 Å². The van der Waals surface area contributed by atoms with E-state index in [-0.39, 0.29) is 0 Å². The van der Waals surface area contributed by atoms with Crippen LogP contribution in [0.4, 0.5) is 0 Å². The molecule has 2 atom stereocenters. The predicted molar refractivity (Wildman–Crippen MR) is 65.2 cm³/mol. The molecule has 82 valence electrons. The highest BCUT2D eigenvalue weighted by Crippen LogP contribution is 2.28. The van der Waals surface area contributed by atoms with E-state index in [1.165, 1.54) is 30.6 Å². The van der Waals surface area contributed by atoms with Crippen LogP contribution >= 0.6 is 0 Å². The van der Waals surface area contributed by atoms with Crippen molar-refractivity contribution >= 4 is 0 Å². The van der Waals surface area contributed by atoms with Crippen molar-refractivity contribution < 1.29 is 0 Å². The number of hydrogen-bond donors (Lipinski definition) is 1. The van der Waals surface area contributed by atoms with Gasteiger partial charge in [0.05, 0.1) is 0 Å². The monoisotopic (exact) mass is 203 g/mol. The molecule has 0 saturated carbocycles. The third-order valence-electron chi connectivity index (χ3n) is 3.72. The molecule has 0 aromatic heterocycles. The minimum atomic E-state index is 0.700. The van der Waals surface area contributed by atoms with Crippen LogP contribution in [0.3, 0.4) is 0 Å². The Kier molecular flexibility index (Phi) is 3.42. The summed E-state index contributed by atoms with van der Waals surface area (Å²) in [5.41, 5.74) is 2.94. The molecule has 1 fully saturated rings. The molecule has 1 aliphatic heterocycles. The van der Waals surface area contributed by atoms with Gasteiger partial charge in [-0.3, -0.25) is 0 Å². The average molecular weight is 203 g/mol. The van der Waals surface area contributed by atoms with Gasteiger partial charge in [0.1, 0.15) is 0 Å². The summed E-state index contributed by atoms with van der Waals surface area (Å²) >= 11 is 0. The average Bonchev–Trinajstić information content (AvgIpc) is 2.82. The first-order chi connectivity index (χ1) is 7.31. The standard InChI is InChI=1S/C14H21N/c1-3-12-4-6-13(7-5-12)11(2)14-8-9-15-10-14/h4-7,11,14-15H,3,8-10H2,1-2H3. The van der Waals surface area contributed by atoms with Crippen molar-refractivity contribution in [3.05, 3.63) is 35.4 Å². The van der Waals surface area contributed by atoms with Gasteiger partial charge in [0.15, 0.2) is 0 Å². The highest BCUT2D eigenvalue weighted by molar-refractivity contribution is 5.25. The molecule has 1 aromatic rings. The van der Waals surface area contributed by atoms with E-state index in [2.05, 4.69) is 43.4 Å². The van der Waals surface area contributed by atoms with Gasteiger partial charge < -0.3 is 5.32 Å². The summed E-state index contributed by atoms with van der Waals surface area (Å²) in [7, 11) is 0. The fourth-order valence-electron chi connectivity index (χ4n) is 2.43. The third-order valence-corrected chi connectivity index (χ3v) is 3.72. The second-order valence-electron chi connectivity index (χ2n) is 4.64. The minimum absolute atomic E-state index is 0.700. The van der Waals surface area contributed by atoms with E-state index < -0.39 is 0 Å². The van der Waals surface area contributed by atoms with Gasteiger partial charge in [-0.15, -0.1) is 0 Å². The van der Waals surface area contributed by atoms with Crippen molar-refractivity contribution in [3.63, 3.8) is 0 Å². The molecule has 1 heterocycles. The SMILES string of the molecule is CCc1ccc(C(C)C2CCNC2)cc1. The molecule has 0 spiro atoms. The maximum absolute atomic E-state index is 3.45. The highest BCUT2D eigenvalue weighted by Gasteiger charge is 2.22. The van der Waals surface area contributed by atoms with Gasteiger partial charge >= 0.3 is 0 Å². The molecular formula is C14H21N. The largest absolute Gasteiger partial charge is 0.316 e. The Labute approximate surface area is 92.9 Å². The van der Waals surface area contributed by atoms with Crippen LogP contribution in [0.2, 0.25) is 0 Å². The third kappa shape index (κ3) is 2.40. The Balaban J connectivity index is 2.07. The summed E-state index contributed by atoms with van der Waals surface area (Å²) in [5, 5.41) is 3.45. The Morgan fingerprint density at radius 2 is 2.07 bits per heavy atom. The number of aryl methyl sites for hydroxylation is 1. The normalized spacial score (nSPS) is 22.9. The molecule has 2 rings (SSSR count). The highest BCUT2D eigenvalue weighted by atomic mass is 14.9. The lowest BCUT2D eigenvalue weighted by atomic mass is 9.86. The maximum atomic E-state index is 3.45. The molecule has 15 heavy (non-hydrogen) atoms. The second-order valence-corrected chi connectivity index (χ2v) is 4.64. The zero-order valence-electron chi connectivity index (χ0n) is 9.79. The van der Waals surface area contributed by atoms with Crippen molar-refractivity contribution in [2.24, 2.45) is 5.92 Å². The molecular weight excluding hydrogens is 182 g/mol. The van der Waals surface area contributed by atoms with Gasteiger partial charge in [-0.05, 0) is 48.9 Å². The Bertz CT molecular complexity index is 296. The fourth-order valence-corrected chi connectivity index (χ4v) is 2.43. The zero-order chi connectivity index (χ0) is 10.7. The van der Waals surface area contributed by atoms with Crippen molar-refractivity contribution in [1.29, 1.82) is 0 Å². The van der Waals surface area contributed by atoms with Crippen LogP contribution in [0.1, 0.15) is 37.3 Å². The molecule has 2 unspecified atom stereocenters. The van der Waals surface area contributed by atoms with Crippen molar-refractivity contribution in [3.8, 4) is 0 Å². The summed E-state index contributed by atoms with van der Waals surface area (Å²) in [5.74, 6) is 1.53. The summed E-state index contributed by atoms with van der Waals surface area (Å²) in [6.07, 6.45) is 2.47. The van der Waals surface area contributed by atoms with Crippen LogP contribution in [0.25, 0.3) is 0 Å². The zero-order valence-corrected chi connectivity index (χ0v) is 9.79. The van der Waals surface area contributed by atoms with Gasteiger partial charge in [0.25, 0.3) is 0 Å². The maximum Gasteiger partial charge on any atom is -0.00143 e. The van der Waals surface area contributed by atoms with Crippen LogP contribution in [-0.2, 0) is 6.42 Å². The van der Waals surface area contributed by atoms with Crippen molar-refractivity contribution in [1.82, 2.24) is 5.32 Å². The molecule has 1 aromatic carbocycles. The van der Waals surface area contributed by atoms with Gasteiger partial charge in [0, 0.05) is 0 Å². The molecule has 1 aliphatic rings. The van der Waals surface area contributed by atoms with E-state index in [9.17, 15) is 0 Å². The lowest BCUT2D eigenvalue weighted by Gasteiger charge is -2.18. The van der Waals surface area contributed by atoms with E-state index in [1.54, 1.807) is 0 Å². The first-order valence-electron chi connectivity index (χ1n) is 6.10. The predicted octanol–water partition coefficient (Wildman–Crippen LogP) is 2.96. The summed E-state index contributed by atoms with van der Waals surface area (Å²) in [6, 6.07) is 9.16. The quantitative estimate of drug-likeness (QED) is 0.796. The molecule has 1 N–H and O–H groups in total. The van der Waals surface area contributed by atoms with E-state index in [0.29, 0.717) is 5.92 Å². The van der Waals surface area contributed by atoms with Gasteiger partial charge in [-0.25, -0.2) is 0 Å². The van der Waals surface area contributed by atoms with E-state index in [4.69, 9.17) is 0 Å². The first kappa shape index (κ1) is 10.7. The van der Waals surface area contributed by atoms with E-state index >= 15 is 0 Å². The fraction of sp³-hybridized carbons (Fsp3) is 0.571. The van der Waals surface area contributed by atoms with Crippen molar-refractivity contribution in [2.45, 2.75) is 32.6 Å². The summed E-state index contributed by atoms with van der Waals surface area (Å²) < 4.78 is 0. The minimum Gasteiger partial charge on any atom is -0.316 e. The number of hydrogen-bond acceptors (Lipinski definition) is 1. The van der Waals surface area contributed by atoms with Crippen LogP contribution in [0.15, 0.2) is 24.3 Å². The Hall–Kier alpha value is -0.820. The smallest absolute Gasteiger partial charge is 0.00143 e. The molecule has 0 radical (unpaired) electrons. The Morgan fingerprint density at radius 1 is 1.33 bits per heavy atom. The molecule has 0 bridgehead atoms. The lowest BCUT2D eigenvalue weighted by molar-refractivity contribution is 0.487. The van der Waals surface area contributed by atoms with Gasteiger partial charge in [0.2, 0.25) is 0 Å². The van der Waals surface area contributed by atoms with Crippen LogP contribution in [0, 0.1) is 5.92 Å². The molecule has 0 aliphatic carbocycles. The number of benzene rings is 1. The molecule has 1 saturated heterocycles. The van der Waals surface area contributed by atoms with Crippen molar-refractivity contribution in [2.75, 3.05) is 13.1 Å². The van der Waals surface area contributed by atoms with Crippen LogP contribution in [-0.4, -0.2) is 13.1 Å². The van der Waals surface area contributed by atoms with E-state index in [1.807, 2.05) is 0 Å². The second kappa shape index (κ2) is 4.80. The van der Waals surface area contributed by atoms with Crippen LogP contribution < -0.4 is 5.32 Å². The molecule has 0 amide bonds. The number of rotatable bonds is 3. The number of nitrogens with one attached hydrogen (secondary N) is 1. The van der Waals surface area contributed by atoms with E-state index in [0.717, 1.165) is 12.3 Å². The first-order valence-corrected chi connectivity index (χ1v) is 6.10. The van der Waals surface area contributed by atoms with Gasteiger partial charge in [-0.1, -0.05) is 38.1 Å². The molecule has 1 nitrogen and oxygen atoms in total. The van der Waals surface area contributed by atoms with Crippen LogP contribution in [0.5, 0.6) is 0 Å². The summed E-state index contributed by atoms with van der Waals surface area (Å²) in [6.45, 7) is 6.96. The summed E-state index contributed by atoms with van der Waals surface area (Å²) in [4.78, 5) is 0. The molecule has 1 heteroatoms.